The molecular formula is C13H17BrINO2. The first-order valence-electron chi connectivity index (χ1n) is 5.56. The molecule has 0 saturated heterocycles. The molecule has 1 rings (SSSR count). The maximum atomic E-state index is 11.8. The van der Waals surface area contributed by atoms with Crippen LogP contribution in [-0.4, -0.2) is 11.7 Å². The third-order valence-electron chi connectivity index (χ3n) is 2.12. The number of rotatable bonds is 2. The van der Waals surface area contributed by atoms with Crippen LogP contribution in [0.5, 0.6) is 0 Å². The van der Waals surface area contributed by atoms with Crippen molar-refractivity contribution in [3.8, 4) is 0 Å². The molecule has 0 aliphatic carbocycles. The molecule has 1 atom stereocenters. The van der Waals surface area contributed by atoms with Gasteiger partial charge in [-0.05, 0) is 68.0 Å². The zero-order valence-electron chi connectivity index (χ0n) is 10.9. The summed E-state index contributed by atoms with van der Waals surface area (Å²) < 4.78 is 5.77. The molecule has 0 aliphatic heterocycles. The van der Waals surface area contributed by atoms with Gasteiger partial charge in [0.25, 0.3) is 0 Å². The maximum Gasteiger partial charge on any atom is 0.408 e. The summed E-state index contributed by atoms with van der Waals surface area (Å²) in [5.41, 5.74) is 0.522. The van der Waals surface area contributed by atoms with Crippen LogP contribution in [0.1, 0.15) is 33.3 Å². The van der Waals surface area contributed by atoms with Gasteiger partial charge in [-0.1, -0.05) is 28.1 Å². The molecule has 0 unspecified atom stereocenters. The Kier molecular flexibility index (Phi) is 5.05. The number of benzene rings is 1. The van der Waals surface area contributed by atoms with Crippen molar-refractivity contribution in [2.75, 3.05) is 0 Å². The third-order valence-corrected chi connectivity index (χ3v) is 3.54. The number of carbonyl (C=O) groups excluding carboxylic acids is 1. The Labute approximate surface area is 130 Å². The van der Waals surface area contributed by atoms with Crippen molar-refractivity contribution in [2.24, 2.45) is 0 Å². The Morgan fingerprint density at radius 2 is 1.72 bits per heavy atom. The average molecular weight is 426 g/mol. The second kappa shape index (κ2) is 5.77. The topological polar surface area (TPSA) is 38.3 Å². The van der Waals surface area contributed by atoms with Crippen LogP contribution in [0.4, 0.5) is 4.79 Å². The van der Waals surface area contributed by atoms with Crippen molar-refractivity contribution < 1.29 is 9.53 Å². The zero-order valence-corrected chi connectivity index (χ0v) is 14.6. The molecule has 0 aliphatic rings. The van der Waals surface area contributed by atoms with E-state index in [2.05, 4.69) is 43.8 Å². The summed E-state index contributed by atoms with van der Waals surface area (Å²) in [6, 6.07) is 7.83. The first-order chi connectivity index (χ1) is 8.10. The predicted octanol–water partition coefficient (Wildman–Crippen LogP) is 4.58. The van der Waals surface area contributed by atoms with Gasteiger partial charge in [0.15, 0.2) is 0 Å². The Balaban J connectivity index is 2.75. The van der Waals surface area contributed by atoms with E-state index >= 15 is 0 Å². The lowest BCUT2D eigenvalue weighted by molar-refractivity contribution is 0.0503. The summed E-state index contributed by atoms with van der Waals surface area (Å²) in [5.74, 6) is 0. The standard InChI is InChI=1S/C13H17BrINO2/c1-12(2,3)18-11(17)16-13(4,15)9-5-7-10(14)8-6-9/h5-8H,1-4H3,(H,16,17)/t13-/m1/s1. The van der Waals surface area contributed by atoms with E-state index in [9.17, 15) is 4.79 Å². The SMILES string of the molecule is CC(C)(C)OC(=O)N[C@@](C)(I)c1ccc(Br)cc1. The fourth-order valence-corrected chi connectivity index (χ4v) is 2.17. The highest BCUT2D eigenvalue weighted by Gasteiger charge is 2.27. The number of amides is 1. The lowest BCUT2D eigenvalue weighted by Gasteiger charge is -2.27. The lowest BCUT2D eigenvalue weighted by Crippen LogP contribution is -2.41. The minimum atomic E-state index is -0.499. The monoisotopic (exact) mass is 425 g/mol. The normalized spacial score (nSPS) is 14.8. The van der Waals surface area contributed by atoms with Gasteiger partial charge in [0.05, 0.1) is 0 Å². The first-order valence-corrected chi connectivity index (χ1v) is 7.43. The summed E-state index contributed by atoms with van der Waals surface area (Å²) in [5, 5.41) is 2.86. The fraction of sp³-hybridized carbons (Fsp3) is 0.462. The van der Waals surface area contributed by atoms with Crippen molar-refractivity contribution in [1.82, 2.24) is 5.32 Å². The molecule has 0 saturated carbocycles. The van der Waals surface area contributed by atoms with Crippen LogP contribution >= 0.6 is 38.5 Å². The molecule has 0 bridgehead atoms. The van der Waals surface area contributed by atoms with Gasteiger partial charge < -0.3 is 10.1 Å². The molecule has 1 aromatic carbocycles. The Morgan fingerprint density at radius 1 is 1.22 bits per heavy atom. The van der Waals surface area contributed by atoms with Crippen LogP contribution in [0.25, 0.3) is 0 Å². The van der Waals surface area contributed by atoms with E-state index in [4.69, 9.17) is 4.74 Å². The number of carbonyl (C=O) groups is 1. The highest BCUT2D eigenvalue weighted by atomic mass is 127. The van der Waals surface area contributed by atoms with Gasteiger partial charge in [0.2, 0.25) is 0 Å². The molecule has 1 N–H and O–H groups in total. The van der Waals surface area contributed by atoms with E-state index in [0.29, 0.717) is 0 Å². The van der Waals surface area contributed by atoms with Gasteiger partial charge in [-0.2, -0.15) is 0 Å². The summed E-state index contributed by atoms with van der Waals surface area (Å²) >= 11 is 5.58. The molecule has 0 aromatic heterocycles. The van der Waals surface area contributed by atoms with E-state index in [1.54, 1.807) is 0 Å². The van der Waals surface area contributed by atoms with E-state index < -0.39 is 15.2 Å². The van der Waals surface area contributed by atoms with Gasteiger partial charge in [0.1, 0.15) is 9.15 Å². The van der Waals surface area contributed by atoms with Crippen molar-refractivity contribution in [3.63, 3.8) is 0 Å². The highest BCUT2D eigenvalue weighted by Crippen LogP contribution is 2.29. The van der Waals surface area contributed by atoms with Crippen LogP contribution in [0.2, 0.25) is 0 Å². The van der Waals surface area contributed by atoms with Gasteiger partial charge in [-0.25, -0.2) is 4.79 Å². The van der Waals surface area contributed by atoms with E-state index in [1.807, 2.05) is 52.0 Å². The van der Waals surface area contributed by atoms with Crippen LogP contribution in [0.15, 0.2) is 28.7 Å². The molecule has 0 heterocycles. The highest BCUT2D eigenvalue weighted by molar-refractivity contribution is 14.1. The van der Waals surface area contributed by atoms with E-state index in [1.165, 1.54) is 0 Å². The first kappa shape index (κ1) is 15.8. The molecule has 3 nitrogen and oxygen atoms in total. The maximum absolute atomic E-state index is 11.8. The molecule has 5 heteroatoms. The van der Waals surface area contributed by atoms with Crippen molar-refractivity contribution in [3.05, 3.63) is 34.3 Å². The quantitative estimate of drug-likeness (QED) is 0.427. The lowest BCUT2D eigenvalue weighted by atomic mass is 10.1. The average Bonchev–Trinajstić information content (AvgIpc) is 2.13. The van der Waals surface area contributed by atoms with Crippen molar-refractivity contribution >= 4 is 44.6 Å². The molecule has 18 heavy (non-hydrogen) atoms. The Morgan fingerprint density at radius 3 is 2.17 bits per heavy atom. The molecule has 0 radical (unpaired) electrons. The number of alkyl carbamates (subject to hydrolysis) is 1. The van der Waals surface area contributed by atoms with Gasteiger partial charge >= 0.3 is 6.09 Å². The number of alkyl halides is 1. The van der Waals surface area contributed by atoms with Crippen LogP contribution < -0.4 is 5.32 Å². The van der Waals surface area contributed by atoms with Crippen molar-refractivity contribution in [2.45, 2.75) is 36.8 Å². The zero-order chi connectivity index (χ0) is 14.0. The number of nitrogens with one attached hydrogen (secondary N) is 1. The van der Waals surface area contributed by atoms with Crippen LogP contribution in [0.3, 0.4) is 0 Å². The minimum absolute atomic E-state index is 0.415. The van der Waals surface area contributed by atoms with Crippen LogP contribution in [0, 0.1) is 0 Å². The van der Waals surface area contributed by atoms with Crippen molar-refractivity contribution in [1.29, 1.82) is 0 Å². The predicted molar refractivity (Wildman–Crippen MR) is 84.9 cm³/mol. The van der Waals surface area contributed by atoms with Crippen LogP contribution in [-0.2, 0) is 8.28 Å². The van der Waals surface area contributed by atoms with Gasteiger partial charge in [-0.3, -0.25) is 0 Å². The van der Waals surface area contributed by atoms with E-state index in [0.717, 1.165) is 10.0 Å². The summed E-state index contributed by atoms with van der Waals surface area (Å²) in [7, 11) is 0. The number of hydrogen-bond acceptors (Lipinski definition) is 2. The Bertz CT molecular complexity index is 424. The minimum Gasteiger partial charge on any atom is -0.444 e. The Hall–Kier alpha value is -0.300. The number of hydrogen-bond donors (Lipinski definition) is 1. The fourth-order valence-electron chi connectivity index (χ4n) is 1.33. The molecule has 0 spiro atoms. The second-order valence-corrected chi connectivity index (χ2v) is 8.21. The summed E-state index contributed by atoms with van der Waals surface area (Å²) in [6.07, 6.45) is -0.415. The second-order valence-electron chi connectivity index (χ2n) is 5.14. The third kappa shape index (κ3) is 5.14. The van der Waals surface area contributed by atoms with E-state index in [-0.39, 0.29) is 0 Å². The molecule has 1 amide bonds. The molecule has 0 fully saturated rings. The largest absolute Gasteiger partial charge is 0.444 e. The number of halogens is 2. The van der Waals surface area contributed by atoms with Gasteiger partial charge in [-0.15, -0.1) is 0 Å². The molecule has 1 aromatic rings. The summed E-state index contributed by atoms with van der Waals surface area (Å²) in [6.45, 7) is 7.46. The molecule has 100 valence electrons. The molecular weight excluding hydrogens is 409 g/mol. The summed E-state index contributed by atoms with van der Waals surface area (Å²) in [4.78, 5) is 11.8. The smallest absolute Gasteiger partial charge is 0.408 e. The van der Waals surface area contributed by atoms with Gasteiger partial charge in [0, 0.05) is 4.47 Å². The number of ether oxygens (including phenoxy) is 1.